The normalized spacial score (nSPS) is 15.1. The summed E-state index contributed by atoms with van der Waals surface area (Å²) in [5, 5.41) is 7.26. The van der Waals surface area contributed by atoms with Crippen LogP contribution in [-0.4, -0.2) is 49.7 Å². The molecule has 1 aliphatic heterocycles. The van der Waals surface area contributed by atoms with Gasteiger partial charge < -0.3 is 10.1 Å². The molecule has 2 amide bonds. The molecule has 0 aliphatic carbocycles. The van der Waals surface area contributed by atoms with Crippen LogP contribution in [0.15, 0.2) is 41.1 Å². The van der Waals surface area contributed by atoms with Crippen molar-refractivity contribution in [2.24, 2.45) is 0 Å². The van der Waals surface area contributed by atoms with E-state index in [-0.39, 0.29) is 18.0 Å². The number of amides is 2. The number of cyclic esters (lactones) is 1. The molecule has 2 heterocycles. The SMILES string of the molecule is CCN(CC)[C@H](CNC(=O)c1ccc(N2CCOC2=O)cc1)c1ccsc1. The summed E-state index contributed by atoms with van der Waals surface area (Å²) in [5.74, 6) is -0.113. The van der Waals surface area contributed by atoms with Gasteiger partial charge in [-0.15, -0.1) is 0 Å². The fourth-order valence-electron chi connectivity index (χ4n) is 3.30. The van der Waals surface area contributed by atoms with Gasteiger partial charge in [0.15, 0.2) is 0 Å². The summed E-state index contributed by atoms with van der Waals surface area (Å²) in [7, 11) is 0. The van der Waals surface area contributed by atoms with Crippen LogP contribution in [0.3, 0.4) is 0 Å². The molecule has 1 fully saturated rings. The van der Waals surface area contributed by atoms with Crippen molar-refractivity contribution in [2.75, 3.05) is 37.7 Å². The molecule has 1 aromatic carbocycles. The lowest BCUT2D eigenvalue weighted by Crippen LogP contribution is -2.37. The van der Waals surface area contributed by atoms with Gasteiger partial charge in [-0.05, 0) is 59.7 Å². The van der Waals surface area contributed by atoms with Gasteiger partial charge in [-0.1, -0.05) is 13.8 Å². The van der Waals surface area contributed by atoms with Crippen molar-refractivity contribution in [2.45, 2.75) is 19.9 Å². The largest absolute Gasteiger partial charge is 0.447 e. The molecule has 0 unspecified atom stereocenters. The molecule has 6 nitrogen and oxygen atoms in total. The Morgan fingerprint density at radius 1 is 1.26 bits per heavy atom. The third-order valence-corrected chi connectivity index (χ3v) is 5.54. The summed E-state index contributed by atoms with van der Waals surface area (Å²) in [6.45, 7) is 7.60. The maximum Gasteiger partial charge on any atom is 0.414 e. The molecule has 0 saturated carbocycles. The molecule has 7 heteroatoms. The minimum absolute atomic E-state index is 0.113. The van der Waals surface area contributed by atoms with E-state index in [1.54, 1.807) is 40.5 Å². The second kappa shape index (κ2) is 9.01. The van der Waals surface area contributed by atoms with Gasteiger partial charge in [0.05, 0.1) is 12.6 Å². The highest BCUT2D eigenvalue weighted by Gasteiger charge is 2.24. The van der Waals surface area contributed by atoms with Crippen LogP contribution >= 0.6 is 11.3 Å². The van der Waals surface area contributed by atoms with Gasteiger partial charge in [-0.25, -0.2) is 4.79 Å². The van der Waals surface area contributed by atoms with E-state index in [1.807, 2.05) is 0 Å². The Morgan fingerprint density at radius 3 is 2.56 bits per heavy atom. The topological polar surface area (TPSA) is 61.9 Å². The van der Waals surface area contributed by atoms with E-state index in [0.717, 1.165) is 18.8 Å². The average molecular weight is 388 g/mol. The summed E-state index contributed by atoms with van der Waals surface area (Å²) in [6, 6.07) is 9.32. The molecule has 1 aromatic heterocycles. The monoisotopic (exact) mass is 387 g/mol. The molecule has 0 spiro atoms. The van der Waals surface area contributed by atoms with Crippen molar-refractivity contribution >= 4 is 29.0 Å². The lowest BCUT2D eigenvalue weighted by Gasteiger charge is -2.29. The minimum Gasteiger partial charge on any atom is -0.447 e. The summed E-state index contributed by atoms with van der Waals surface area (Å²) >= 11 is 1.67. The standard InChI is InChI=1S/C20H25N3O3S/c1-3-22(4-2)18(16-9-12-27-14-16)13-21-19(24)15-5-7-17(8-6-15)23-10-11-26-20(23)25/h5-9,12,14,18H,3-4,10-11,13H2,1-2H3,(H,21,24)/t18-/m1/s1. The van der Waals surface area contributed by atoms with Crippen molar-refractivity contribution in [1.82, 2.24) is 10.2 Å². The van der Waals surface area contributed by atoms with Crippen LogP contribution in [0.5, 0.6) is 0 Å². The molecular weight excluding hydrogens is 362 g/mol. The van der Waals surface area contributed by atoms with Crippen LogP contribution in [0, 0.1) is 0 Å². The number of carbonyl (C=O) groups is 2. The Hall–Kier alpha value is -2.38. The van der Waals surface area contributed by atoms with Gasteiger partial charge >= 0.3 is 6.09 Å². The van der Waals surface area contributed by atoms with Crippen LogP contribution in [0.4, 0.5) is 10.5 Å². The van der Waals surface area contributed by atoms with E-state index < -0.39 is 0 Å². The molecule has 1 N–H and O–H groups in total. The van der Waals surface area contributed by atoms with E-state index in [4.69, 9.17) is 4.74 Å². The highest BCUT2D eigenvalue weighted by molar-refractivity contribution is 7.07. The van der Waals surface area contributed by atoms with E-state index in [9.17, 15) is 9.59 Å². The lowest BCUT2D eigenvalue weighted by atomic mass is 10.1. The van der Waals surface area contributed by atoms with Gasteiger partial charge in [-0.2, -0.15) is 11.3 Å². The number of carbonyl (C=O) groups excluding carboxylic acids is 2. The van der Waals surface area contributed by atoms with E-state index in [0.29, 0.717) is 25.3 Å². The summed E-state index contributed by atoms with van der Waals surface area (Å²) in [4.78, 5) is 28.1. The second-order valence-electron chi connectivity index (χ2n) is 6.32. The maximum absolute atomic E-state index is 12.6. The first-order chi connectivity index (χ1) is 13.1. The molecule has 1 saturated heterocycles. The van der Waals surface area contributed by atoms with Crippen LogP contribution in [0.2, 0.25) is 0 Å². The predicted octanol–water partition coefficient (Wildman–Crippen LogP) is 3.52. The lowest BCUT2D eigenvalue weighted by molar-refractivity contribution is 0.0935. The first-order valence-corrected chi connectivity index (χ1v) is 10.2. The van der Waals surface area contributed by atoms with Gasteiger partial charge in [0.2, 0.25) is 0 Å². The fraction of sp³-hybridized carbons (Fsp3) is 0.400. The third-order valence-electron chi connectivity index (χ3n) is 4.84. The number of thiophene rings is 1. The Bertz CT molecular complexity index is 757. The number of anilines is 1. The Kier molecular flexibility index (Phi) is 6.47. The number of hydrogen-bond donors (Lipinski definition) is 1. The summed E-state index contributed by atoms with van der Waals surface area (Å²) < 4.78 is 4.95. The first kappa shape index (κ1) is 19.4. The molecule has 1 atom stereocenters. The summed E-state index contributed by atoms with van der Waals surface area (Å²) in [6.07, 6.45) is -0.343. The van der Waals surface area contributed by atoms with E-state index in [1.165, 1.54) is 5.56 Å². The Labute approximate surface area is 163 Å². The molecular formula is C20H25N3O3S. The molecule has 1 aliphatic rings. The highest BCUT2D eigenvalue weighted by Crippen LogP contribution is 2.23. The number of ether oxygens (including phenoxy) is 1. The smallest absolute Gasteiger partial charge is 0.414 e. The third kappa shape index (κ3) is 4.48. The van der Waals surface area contributed by atoms with Crippen LogP contribution in [0.1, 0.15) is 35.8 Å². The van der Waals surface area contributed by atoms with Crippen LogP contribution in [-0.2, 0) is 4.74 Å². The Balaban J connectivity index is 1.64. The zero-order valence-corrected chi connectivity index (χ0v) is 16.5. The maximum atomic E-state index is 12.6. The highest BCUT2D eigenvalue weighted by atomic mass is 32.1. The number of benzene rings is 1. The molecule has 0 radical (unpaired) electrons. The number of rotatable bonds is 8. The fourth-order valence-corrected chi connectivity index (χ4v) is 4.01. The van der Waals surface area contributed by atoms with Crippen molar-refractivity contribution in [3.05, 3.63) is 52.2 Å². The number of nitrogens with zero attached hydrogens (tertiary/aromatic N) is 2. The number of nitrogens with one attached hydrogen (secondary N) is 1. The van der Waals surface area contributed by atoms with Crippen LogP contribution < -0.4 is 10.2 Å². The van der Waals surface area contributed by atoms with Gasteiger partial charge in [0, 0.05) is 17.8 Å². The van der Waals surface area contributed by atoms with Gasteiger partial charge in [-0.3, -0.25) is 14.6 Å². The van der Waals surface area contributed by atoms with Gasteiger partial charge in [0.1, 0.15) is 6.61 Å². The zero-order chi connectivity index (χ0) is 19.2. The van der Waals surface area contributed by atoms with Crippen molar-refractivity contribution in [3.8, 4) is 0 Å². The number of likely N-dealkylation sites (N-methyl/N-ethyl adjacent to an activating group) is 1. The molecule has 3 rings (SSSR count). The minimum atomic E-state index is -0.343. The first-order valence-electron chi connectivity index (χ1n) is 9.22. The molecule has 27 heavy (non-hydrogen) atoms. The van der Waals surface area contributed by atoms with Crippen molar-refractivity contribution < 1.29 is 14.3 Å². The average Bonchev–Trinajstić information content (AvgIpc) is 3.37. The van der Waals surface area contributed by atoms with Crippen molar-refractivity contribution in [1.29, 1.82) is 0 Å². The predicted molar refractivity (Wildman–Crippen MR) is 107 cm³/mol. The Morgan fingerprint density at radius 2 is 2.00 bits per heavy atom. The molecule has 144 valence electrons. The second-order valence-corrected chi connectivity index (χ2v) is 7.10. The molecule has 2 aromatic rings. The summed E-state index contributed by atoms with van der Waals surface area (Å²) in [5.41, 5.74) is 2.55. The number of hydrogen-bond acceptors (Lipinski definition) is 5. The quantitative estimate of drug-likeness (QED) is 0.753. The van der Waals surface area contributed by atoms with Crippen LogP contribution in [0.25, 0.3) is 0 Å². The van der Waals surface area contributed by atoms with Crippen molar-refractivity contribution in [3.63, 3.8) is 0 Å². The van der Waals surface area contributed by atoms with Gasteiger partial charge in [0.25, 0.3) is 5.91 Å². The molecule has 0 bridgehead atoms. The van der Waals surface area contributed by atoms with E-state index >= 15 is 0 Å². The van der Waals surface area contributed by atoms with E-state index in [2.05, 4.69) is 40.9 Å². The zero-order valence-electron chi connectivity index (χ0n) is 15.7.